The first-order valence-electron chi connectivity index (χ1n) is 6.34. The Morgan fingerprint density at radius 3 is 2.58 bits per heavy atom. The van der Waals surface area contributed by atoms with Gasteiger partial charge in [-0.15, -0.1) is 0 Å². The number of nitrogens with two attached hydrogens (primary N) is 1. The van der Waals surface area contributed by atoms with Crippen LogP contribution in [0.2, 0.25) is 0 Å². The van der Waals surface area contributed by atoms with Crippen molar-refractivity contribution >= 4 is 23.1 Å². The number of halogens is 1. The second-order valence-corrected chi connectivity index (χ2v) is 5.42. The van der Waals surface area contributed by atoms with E-state index >= 15 is 0 Å². The lowest BCUT2D eigenvalue weighted by molar-refractivity contribution is 0.0705. The number of likely N-dealkylation sites (tertiary alicyclic amines) is 1. The molecule has 0 bridgehead atoms. The largest absolute Gasteiger partial charge is 0.393 e. The maximum atomic E-state index is 13.8. The monoisotopic (exact) mass is 280 g/mol. The summed E-state index contributed by atoms with van der Waals surface area (Å²) in [5.74, 6) is -0.512. The number of thiocarbonyl (C=S) groups is 1. The van der Waals surface area contributed by atoms with Crippen molar-refractivity contribution in [3.63, 3.8) is 0 Å². The molecule has 1 saturated heterocycles. The number of amides is 1. The van der Waals surface area contributed by atoms with Crippen LogP contribution in [0.1, 0.15) is 28.8 Å². The molecule has 2 rings (SSSR count). The highest BCUT2D eigenvalue weighted by molar-refractivity contribution is 7.80. The first kappa shape index (κ1) is 13.9. The molecule has 0 saturated carbocycles. The lowest BCUT2D eigenvalue weighted by Gasteiger charge is -2.31. The molecule has 0 spiro atoms. The van der Waals surface area contributed by atoms with Crippen LogP contribution in [0.4, 0.5) is 4.39 Å². The fraction of sp³-hybridized carbons (Fsp3) is 0.429. The highest BCUT2D eigenvalue weighted by atomic mass is 32.1. The van der Waals surface area contributed by atoms with Crippen LogP contribution in [-0.4, -0.2) is 28.9 Å². The molecule has 0 unspecified atom stereocenters. The molecule has 1 amide bonds. The molecule has 5 heteroatoms. The van der Waals surface area contributed by atoms with Gasteiger partial charge in [-0.05, 0) is 37.5 Å². The number of carbonyl (C=O) groups excluding carboxylic acids is 1. The van der Waals surface area contributed by atoms with Gasteiger partial charge in [0.25, 0.3) is 5.91 Å². The van der Waals surface area contributed by atoms with Crippen molar-refractivity contribution in [1.82, 2.24) is 4.90 Å². The normalized spacial score (nSPS) is 16.4. The van der Waals surface area contributed by atoms with Crippen LogP contribution in [0.3, 0.4) is 0 Å². The van der Waals surface area contributed by atoms with Gasteiger partial charge in [0.2, 0.25) is 0 Å². The van der Waals surface area contributed by atoms with Crippen LogP contribution in [-0.2, 0) is 0 Å². The molecule has 0 aliphatic carbocycles. The topological polar surface area (TPSA) is 46.3 Å². The molecule has 1 fully saturated rings. The SMILES string of the molecule is Cc1ccc(C(=O)N2CCC(C(N)=S)CC2)c(F)c1. The zero-order valence-electron chi connectivity index (χ0n) is 10.9. The Kier molecular flexibility index (Phi) is 4.14. The van der Waals surface area contributed by atoms with Gasteiger partial charge in [0.15, 0.2) is 0 Å². The van der Waals surface area contributed by atoms with E-state index in [0.717, 1.165) is 18.4 Å². The van der Waals surface area contributed by atoms with E-state index < -0.39 is 5.82 Å². The molecule has 0 aromatic heterocycles. The number of hydrogen-bond donors (Lipinski definition) is 1. The third-order valence-corrected chi connectivity index (χ3v) is 3.87. The Labute approximate surface area is 117 Å². The standard InChI is InChI=1S/C14H17FN2OS/c1-9-2-3-11(12(15)8-9)14(18)17-6-4-10(5-7-17)13(16)19/h2-3,8,10H,4-7H2,1H3,(H2,16,19). The smallest absolute Gasteiger partial charge is 0.256 e. The second kappa shape index (κ2) is 5.65. The van der Waals surface area contributed by atoms with Crippen LogP contribution < -0.4 is 5.73 Å². The summed E-state index contributed by atoms with van der Waals surface area (Å²) in [5, 5.41) is 0. The van der Waals surface area contributed by atoms with Crippen LogP contribution in [0.5, 0.6) is 0 Å². The lowest BCUT2D eigenvalue weighted by atomic mass is 9.96. The predicted molar refractivity (Wildman–Crippen MR) is 76.5 cm³/mol. The van der Waals surface area contributed by atoms with Gasteiger partial charge < -0.3 is 10.6 Å². The van der Waals surface area contributed by atoms with Crippen molar-refractivity contribution in [2.45, 2.75) is 19.8 Å². The van der Waals surface area contributed by atoms with Gasteiger partial charge in [-0.1, -0.05) is 18.3 Å². The van der Waals surface area contributed by atoms with Crippen molar-refractivity contribution in [3.8, 4) is 0 Å². The quantitative estimate of drug-likeness (QED) is 0.845. The summed E-state index contributed by atoms with van der Waals surface area (Å²) in [6.45, 7) is 2.95. The number of carbonyl (C=O) groups is 1. The van der Waals surface area contributed by atoms with E-state index in [1.807, 2.05) is 0 Å². The summed E-state index contributed by atoms with van der Waals surface area (Å²) in [6, 6.07) is 4.68. The van der Waals surface area contributed by atoms with Gasteiger partial charge in [0.05, 0.1) is 10.6 Å². The maximum absolute atomic E-state index is 13.8. The molecule has 3 nitrogen and oxygen atoms in total. The van der Waals surface area contributed by atoms with Crippen molar-refractivity contribution in [3.05, 3.63) is 35.1 Å². The van der Waals surface area contributed by atoms with E-state index in [1.165, 1.54) is 6.07 Å². The van der Waals surface area contributed by atoms with Gasteiger partial charge in [-0.2, -0.15) is 0 Å². The summed E-state index contributed by atoms with van der Waals surface area (Å²) in [7, 11) is 0. The molecule has 1 aliphatic heterocycles. The van der Waals surface area contributed by atoms with Gasteiger partial charge in [0, 0.05) is 19.0 Å². The number of hydrogen-bond acceptors (Lipinski definition) is 2. The molecular formula is C14H17FN2OS. The minimum Gasteiger partial charge on any atom is -0.393 e. The Morgan fingerprint density at radius 1 is 1.42 bits per heavy atom. The predicted octanol–water partition coefficient (Wildman–Crippen LogP) is 2.27. The zero-order valence-corrected chi connectivity index (χ0v) is 11.7. The average molecular weight is 280 g/mol. The Hall–Kier alpha value is -1.49. The molecule has 102 valence electrons. The molecule has 2 N–H and O–H groups in total. The summed E-state index contributed by atoms with van der Waals surface area (Å²) < 4.78 is 13.8. The maximum Gasteiger partial charge on any atom is 0.256 e. The summed E-state index contributed by atoms with van der Waals surface area (Å²) in [6.07, 6.45) is 1.52. The number of rotatable bonds is 2. The Bertz CT molecular complexity index is 510. The van der Waals surface area contributed by atoms with Crippen molar-refractivity contribution in [2.24, 2.45) is 11.7 Å². The van der Waals surface area contributed by atoms with E-state index in [9.17, 15) is 9.18 Å². The fourth-order valence-corrected chi connectivity index (χ4v) is 2.57. The number of benzene rings is 1. The first-order chi connectivity index (χ1) is 8.99. The van der Waals surface area contributed by atoms with E-state index in [2.05, 4.69) is 0 Å². The van der Waals surface area contributed by atoms with E-state index in [-0.39, 0.29) is 17.4 Å². The minimum atomic E-state index is -0.457. The molecule has 19 heavy (non-hydrogen) atoms. The van der Waals surface area contributed by atoms with E-state index in [1.54, 1.807) is 24.0 Å². The van der Waals surface area contributed by atoms with Crippen LogP contribution >= 0.6 is 12.2 Å². The summed E-state index contributed by atoms with van der Waals surface area (Å²) >= 11 is 4.96. The molecule has 1 aliphatic rings. The highest BCUT2D eigenvalue weighted by Crippen LogP contribution is 2.20. The molecule has 0 atom stereocenters. The zero-order chi connectivity index (χ0) is 14.0. The summed E-state index contributed by atoms with van der Waals surface area (Å²) in [4.78, 5) is 14.4. The van der Waals surface area contributed by atoms with E-state index in [0.29, 0.717) is 18.1 Å². The van der Waals surface area contributed by atoms with Crippen LogP contribution in [0.15, 0.2) is 18.2 Å². The Balaban J connectivity index is 2.07. The van der Waals surface area contributed by atoms with Gasteiger partial charge >= 0.3 is 0 Å². The third-order valence-electron chi connectivity index (χ3n) is 3.54. The first-order valence-corrected chi connectivity index (χ1v) is 6.74. The lowest BCUT2D eigenvalue weighted by Crippen LogP contribution is -2.41. The molecule has 0 radical (unpaired) electrons. The third kappa shape index (κ3) is 3.10. The molecule has 1 heterocycles. The highest BCUT2D eigenvalue weighted by Gasteiger charge is 2.26. The van der Waals surface area contributed by atoms with Crippen molar-refractivity contribution in [1.29, 1.82) is 0 Å². The van der Waals surface area contributed by atoms with Gasteiger partial charge in [-0.3, -0.25) is 4.79 Å². The van der Waals surface area contributed by atoms with Crippen molar-refractivity contribution in [2.75, 3.05) is 13.1 Å². The van der Waals surface area contributed by atoms with Gasteiger partial charge in [-0.25, -0.2) is 4.39 Å². The van der Waals surface area contributed by atoms with E-state index in [4.69, 9.17) is 18.0 Å². The van der Waals surface area contributed by atoms with Gasteiger partial charge in [0.1, 0.15) is 5.82 Å². The number of nitrogens with zero attached hydrogens (tertiary/aromatic N) is 1. The molecule has 1 aromatic rings. The van der Waals surface area contributed by atoms with Crippen molar-refractivity contribution < 1.29 is 9.18 Å². The number of piperidine rings is 1. The second-order valence-electron chi connectivity index (χ2n) is 4.95. The minimum absolute atomic E-state index is 0.138. The number of aryl methyl sites for hydroxylation is 1. The molecule has 1 aromatic carbocycles. The average Bonchev–Trinajstić information content (AvgIpc) is 2.38. The van der Waals surface area contributed by atoms with Crippen LogP contribution in [0.25, 0.3) is 0 Å². The fourth-order valence-electron chi connectivity index (χ4n) is 2.33. The molecular weight excluding hydrogens is 263 g/mol. The van der Waals surface area contributed by atoms with Crippen LogP contribution in [0, 0.1) is 18.7 Å². The Morgan fingerprint density at radius 2 is 2.05 bits per heavy atom. The summed E-state index contributed by atoms with van der Waals surface area (Å²) in [5.41, 5.74) is 6.55.